The maximum absolute atomic E-state index is 12.7. The lowest BCUT2D eigenvalue weighted by Gasteiger charge is -2.23. The Balaban J connectivity index is 2.17. The second-order valence-electron chi connectivity index (χ2n) is 6.56. The van der Waals surface area contributed by atoms with E-state index < -0.39 is 74.5 Å². The van der Waals surface area contributed by atoms with Crippen molar-refractivity contribution in [3.05, 3.63) is 16.7 Å². The van der Waals surface area contributed by atoms with Gasteiger partial charge < -0.3 is 23.8 Å². The quantitative estimate of drug-likeness (QED) is 0.454. The molecule has 13 nitrogen and oxygen atoms in total. The molecule has 0 radical (unpaired) electrons. The van der Waals surface area contributed by atoms with E-state index in [0.717, 1.165) is 31.7 Å². The molecule has 0 aromatic carbocycles. The fourth-order valence-corrected chi connectivity index (χ4v) is 3.12. The maximum atomic E-state index is 12.7. The van der Waals surface area contributed by atoms with Crippen LogP contribution in [0.1, 0.15) is 35.2 Å². The summed E-state index contributed by atoms with van der Waals surface area (Å²) in [6.45, 7) is -3.53. The third-order valence-corrected chi connectivity index (χ3v) is 4.25. The van der Waals surface area contributed by atoms with Crippen LogP contribution in [0.4, 0.5) is 5.95 Å². The first-order valence-electron chi connectivity index (χ1n) is 11.9. The van der Waals surface area contributed by atoms with Crippen molar-refractivity contribution in [1.29, 1.82) is 0 Å². The molecular weight excluding hydrogens is 414 g/mol. The molecule has 0 unspecified atom stereocenters. The fourth-order valence-electron chi connectivity index (χ4n) is 3.12. The molecule has 0 bridgehead atoms. The van der Waals surface area contributed by atoms with Gasteiger partial charge in [0.05, 0.1) is 6.33 Å². The van der Waals surface area contributed by atoms with Crippen molar-refractivity contribution in [1.82, 2.24) is 19.5 Å². The van der Waals surface area contributed by atoms with Crippen molar-refractivity contribution < 1.29 is 41.6 Å². The van der Waals surface area contributed by atoms with E-state index in [0.29, 0.717) is 0 Å². The number of nitrogens with one attached hydrogen (secondary N) is 1. The average molecular weight is 443 g/mol. The van der Waals surface area contributed by atoms with Gasteiger partial charge in [-0.15, -0.1) is 0 Å². The second kappa shape index (κ2) is 8.71. The molecule has 2 aromatic rings. The lowest BCUT2D eigenvalue weighted by Crippen LogP contribution is -2.40. The summed E-state index contributed by atoms with van der Waals surface area (Å²) in [6, 6.07) is 0. The number of aromatic nitrogens is 4. The number of fused-ring (bicyclic) bond motifs is 1. The number of ether oxygens (including phenoxy) is 4. The van der Waals surface area contributed by atoms with Gasteiger partial charge in [0.2, 0.25) is 5.95 Å². The Morgan fingerprint density at radius 3 is 2.48 bits per heavy atom. The number of anilines is 1. The molecule has 168 valence electrons. The minimum atomic E-state index is -3.22. The zero-order valence-corrected chi connectivity index (χ0v) is 16.6. The number of carbonyl (C=O) groups excluding carboxylic acids is 3. The number of hydrogen-bond donors (Lipinski definition) is 1. The Morgan fingerprint density at radius 1 is 1.19 bits per heavy atom. The Kier molecular flexibility index (Phi) is 4.31. The van der Waals surface area contributed by atoms with Crippen LogP contribution in [0.5, 0.6) is 0 Å². The molecule has 13 heteroatoms. The first-order valence-corrected chi connectivity index (χ1v) is 8.91. The molecule has 31 heavy (non-hydrogen) atoms. The van der Waals surface area contributed by atoms with E-state index in [4.69, 9.17) is 27.2 Å². The Bertz CT molecular complexity index is 1240. The number of hydrogen-bond acceptors (Lipinski definition) is 11. The van der Waals surface area contributed by atoms with Crippen LogP contribution in [0.3, 0.4) is 0 Å². The van der Waals surface area contributed by atoms with Crippen LogP contribution >= 0.6 is 0 Å². The number of nitrogens with zero attached hydrogens (tertiary/aromatic N) is 4. The summed E-state index contributed by atoms with van der Waals surface area (Å²) < 4.78 is 68.1. The molecular formula is C18H23N5O8. The summed E-state index contributed by atoms with van der Waals surface area (Å²) in [4.78, 5) is 57.7. The molecule has 0 saturated carbocycles. The summed E-state index contributed by atoms with van der Waals surface area (Å²) in [5.41, 5.74) is -1.61. The largest absolute Gasteiger partial charge is 0.463 e. The zero-order valence-electron chi connectivity index (χ0n) is 22.6. The van der Waals surface area contributed by atoms with Gasteiger partial charge in [0.1, 0.15) is 12.7 Å². The van der Waals surface area contributed by atoms with E-state index in [1.54, 1.807) is 0 Å². The molecule has 1 fully saturated rings. The van der Waals surface area contributed by atoms with E-state index in [2.05, 4.69) is 15.0 Å². The van der Waals surface area contributed by atoms with Gasteiger partial charge in [-0.25, -0.2) is 4.98 Å². The van der Waals surface area contributed by atoms with Gasteiger partial charge in [-0.3, -0.25) is 28.7 Å². The summed E-state index contributed by atoms with van der Waals surface area (Å²) in [6.07, 6.45) is -4.07. The van der Waals surface area contributed by atoms with Crippen LogP contribution in [0.25, 0.3) is 11.2 Å². The maximum Gasteiger partial charge on any atom is 0.303 e. The van der Waals surface area contributed by atoms with Gasteiger partial charge in [0, 0.05) is 42.9 Å². The molecule has 0 aliphatic carbocycles. The Labute approximate surface area is 184 Å². The predicted molar refractivity (Wildman–Crippen MR) is 104 cm³/mol. The molecule has 1 aliphatic heterocycles. The minimum Gasteiger partial charge on any atom is -0.463 e. The summed E-state index contributed by atoms with van der Waals surface area (Å²) >= 11 is 0. The summed E-state index contributed by atoms with van der Waals surface area (Å²) in [5, 5.41) is 0. The lowest BCUT2D eigenvalue weighted by atomic mass is 10.1. The van der Waals surface area contributed by atoms with Gasteiger partial charge in [-0.05, 0) is 0 Å². The first kappa shape index (κ1) is 15.3. The molecule has 1 saturated heterocycles. The SMILES string of the molecule is [2H]C([2H])([2H])N(c1nc2c(ncn2[C@@H]2O[C@H](COC(C)=O)[C@@H](OC(C)=O)[C@H]2OC(C)=O)c(=O)[nH]1)C([2H])([2H])[2H]. The molecule has 1 aliphatic rings. The highest BCUT2D eigenvalue weighted by atomic mass is 16.7. The van der Waals surface area contributed by atoms with Crippen molar-refractivity contribution >= 4 is 35.0 Å². The van der Waals surface area contributed by atoms with E-state index in [1.807, 2.05) is 0 Å². The standard InChI is InChI=1S/C18H23N5O8/c1-8(24)28-6-11-13(29-9(2)25)14(30-10(3)26)17(31-11)23-7-19-12-15(23)20-18(22(4)5)21-16(12)27/h7,11,13-14,17H,6H2,1-5H3,(H,20,21,27)/t11-,13-,14-,17-/m1/s1/i4D3,5D3. The van der Waals surface area contributed by atoms with Gasteiger partial charge >= 0.3 is 17.9 Å². The summed E-state index contributed by atoms with van der Waals surface area (Å²) in [5.74, 6) is -3.04. The first-order chi connectivity index (χ1) is 17.0. The fraction of sp³-hybridized carbons (Fsp3) is 0.556. The van der Waals surface area contributed by atoms with E-state index in [1.165, 1.54) is 0 Å². The molecule has 4 atom stereocenters. The molecule has 0 amide bonds. The Hall–Kier alpha value is -3.48. The highest BCUT2D eigenvalue weighted by Gasteiger charge is 2.51. The highest BCUT2D eigenvalue weighted by molar-refractivity contribution is 5.71. The molecule has 0 spiro atoms. The smallest absolute Gasteiger partial charge is 0.303 e. The highest BCUT2D eigenvalue weighted by Crippen LogP contribution is 2.35. The zero-order chi connectivity index (χ0) is 27.9. The van der Waals surface area contributed by atoms with Crippen molar-refractivity contribution in [3.8, 4) is 0 Å². The number of H-pyrrole nitrogens is 1. The van der Waals surface area contributed by atoms with Crippen LogP contribution in [0.15, 0.2) is 11.1 Å². The third-order valence-electron chi connectivity index (χ3n) is 4.25. The third kappa shape index (κ3) is 4.66. The molecule has 3 heterocycles. The molecule has 2 aromatic heterocycles. The van der Waals surface area contributed by atoms with Crippen LogP contribution in [0, 0.1) is 0 Å². The van der Waals surface area contributed by atoms with Gasteiger partial charge in [-0.2, -0.15) is 4.98 Å². The number of imidazole rings is 1. The summed E-state index contributed by atoms with van der Waals surface area (Å²) in [7, 11) is 0. The molecule has 1 N–H and O–H groups in total. The second-order valence-corrected chi connectivity index (χ2v) is 6.56. The van der Waals surface area contributed by atoms with Crippen LogP contribution in [-0.4, -0.2) is 76.3 Å². The van der Waals surface area contributed by atoms with E-state index >= 15 is 0 Å². The van der Waals surface area contributed by atoms with Crippen LogP contribution in [0.2, 0.25) is 0 Å². The van der Waals surface area contributed by atoms with Gasteiger partial charge in [-0.1, -0.05) is 0 Å². The average Bonchev–Trinajstić information content (AvgIpc) is 3.25. The number of esters is 3. The molecule has 3 rings (SSSR count). The monoisotopic (exact) mass is 443 g/mol. The van der Waals surface area contributed by atoms with Crippen molar-refractivity contribution in [3.63, 3.8) is 0 Å². The van der Waals surface area contributed by atoms with Crippen molar-refractivity contribution in [2.75, 3.05) is 25.5 Å². The van der Waals surface area contributed by atoms with Crippen LogP contribution in [-0.2, 0) is 33.3 Å². The number of rotatable bonds is 6. The van der Waals surface area contributed by atoms with E-state index in [9.17, 15) is 19.2 Å². The predicted octanol–water partition coefficient (Wildman–Crippen LogP) is -0.490. The normalized spacial score (nSPS) is 26.5. The number of aromatic amines is 1. The minimum absolute atomic E-state index is 0.0254. The van der Waals surface area contributed by atoms with Crippen molar-refractivity contribution in [2.24, 2.45) is 0 Å². The number of carbonyl (C=O) groups is 3. The van der Waals surface area contributed by atoms with Crippen molar-refractivity contribution in [2.45, 2.75) is 45.3 Å². The van der Waals surface area contributed by atoms with Crippen LogP contribution < -0.4 is 10.5 Å². The van der Waals surface area contributed by atoms with Gasteiger partial charge in [0.25, 0.3) is 5.56 Å². The topological polar surface area (TPSA) is 155 Å². The lowest BCUT2D eigenvalue weighted by molar-refractivity contribution is -0.166. The Morgan fingerprint density at radius 2 is 1.87 bits per heavy atom. The van der Waals surface area contributed by atoms with Gasteiger partial charge in [0.15, 0.2) is 29.6 Å². The van der Waals surface area contributed by atoms with E-state index in [-0.39, 0.29) is 16.1 Å².